The van der Waals surface area contributed by atoms with Crippen LogP contribution < -0.4 is 16.0 Å². The quantitative estimate of drug-likeness (QED) is 0.822. The van der Waals surface area contributed by atoms with Gasteiger partial charge in [-0.2, -0.15) is 0 Å². The van der Waals surface area contributed by atoms with E-state index in [9.17, 15) is 13.6 Å². The number of anilines is 1. The fourth-order valence-corrected chi connectivity index (χ4v) is 2.26. The third-order valence-corrected chi connectivity index (χ3v) is 3.56. The number of carbonyl (C=O) groups is 1. The van der Waals surface area contributed by atoms with Gasteiger partial charge < -0.3 is 16.0 Å². The minimum absolute atomic E-state index is 0.244. The molecule has 0 aliphatic carbocycles. The monoisotopic (exact) mass is 299 g/mol. The molecule has 0 bridgehead atoms. The summed E-state index contributed by atoms with van der Waals surface area (Å²) in [5, 5.41) is 2.28. The van der Waals surface area contributed by atoms with Crippen molar-refractivity contribution in [2.75, 3.05) is 31.1 Å². The maximum absolute atomic E-state index is 13.0. The number of halogens is 2. The van der Waals surface area contributed by atoms with Gasteiger partial charge in [0.2, 0.25) is 5.91 Å². The van der Waals surface area contributed by atoms with Crippen molar-refractivity contribution in [3.05, 3.63) is 18.6 Å². The topological polar surface area (TPSA) is 84.1 Å². The van der Waals surface area contributed by atoms with Gasteiger partial charge in [-0.25, -0.2) is 13.8 Å². The van der Waals surface area contributed by atoms with Gasteiger partial charge in [0.1, 0.15) is 5.82 Å². The number of nitrogens with two attached hydrogens (primary N) is 1. The van der Waals surface area contributed by atoms with Crippen LogP contribution in [-0.2, 0) is 4.79 Å². The second kappa shape index (κ2) is 6.75. The molecule has 2 heterocycles. The van der Waals surface area contributed by atoms with Crippen molar-refractivity contribution < 1.29 is 13.6 Å². The van der Waals surface area contributed by atoms with Gasteiger partial charge >= 0.3 is 0 Å². The van der Waals surface area contributed by atoms with E-state index >= 15 is 0 Å². The van der Waals surface area contributed by atoms with Gasteiger partial charge in [-0.3, -0.25) is 9.78 Å². The Balaban J connectivity index is 1.80. The molecule has 6 nitrogen and oxygen atoms in total. The van der Waals surface area contributed by atoms with Crippen molar-refractivity contribution in [2.24, 2.45) is 11.7 Å². The molecule has 1 fully saturated rings. The number of hydrogen-bond acceptors (Lipinski definition) is 5. The molecule has 1 amide bonds. The molecule has 1 aromatic heterocycles. The Labute approximate surface area is 121 Å². The van der Waals surface area contributed by atoms with E-state index in [1.165, 1.54) is 0 Å². The van der Waals surface area contributed by atoms with E-state index in [4.69, 9.17) is 5.73 Å². The molecule has 0 radical (unpaired) electrons. The summed E-state index contributed by atoms with van der Waals surface area (Å²) in [4.78, 5) is 22.1. The highest BCUT2D eigenvalue weighted by Gasteiger charge is 2.30. The molecule has 1 aliphatic heterocycles. The van der Waals surface area contributed by atoms with Crippen molar-refractivity contribution >= 4 is 11.7 Å². The Hall–Kier alpha value is -1.83. The molecular weight excluding hydrogens is 280 g/mol. The normalized spacial score (nSPS) is 16.8. The van der Waals surface area contributed by atoms with Gasteiger partial charge in [-0.15, -0.1) is 0 Å². The Kier molecular flexibility index (Phi) is 5.00. The van der Waals surface area contributed by atoms with Crippen molar-refractivity contribution in [3.63, 3.8) is 0 Å². The Bertz CT molecular complexity index is 463. The number of hydrogen-bond donors (Lipinski definition) is 2. The van der Waals surface area contributed by atoms with E-state index in [2.05, 4.69) is 15.3 Å². The maximum atomic E-state index is 13.0. The summed E-state index contributed by atoms with van der Waals surface area (Å²) in [5.41, 5.74) is 4.93. The molecule has 1 aromatic rings. The van der Waals surface area contributed by atoms with E-state index in [-0.39, 0.29) is 11.8 Å². The second-order valence-corrected chi connectivity index (χ2v) is 5.10. The van der Waals surface area contributed by atoms with Crippen molar-refractivity contribution in [3.8, 4) is 0 Å². The van der Waals surface area contributed by atoms with E-state index in [0.29, 0.717) is 25.9 Å². The predicted molar refractivity (Wildman–Crippen MR) is 74.0 cm³/mol. The third-order valence-electron chi connectivity index (χ3n) is 3.56. The summed E-state index contributed by atoms with van der Waals surface area (Å²) in [7, 11) is 0. The van der Waals surface area contributed by atoms with Crippen LogP contribution in [0.1, 0.15) is 12.8 Å². The van der Waals surface area contributed by atoms with Crippen molar-refractivity contribution in [1.29, 1.82) is 0 Å². The molecule has 0 saturated carbocycles. The van der Waals surface area contributed by atoms with E-state index in [1.54, 1.807) is 18.6 Å². The number of rotatable bonds is 5. The number of nitrogens with zero attached hydrogens (tertiary/aromatic N) is 3. The summed E-state index contributed by atoms with van der Waals surface area (Å²) in [5.74, 6) is -2.85. The fourth-order valence-electron chi connectivity index (χ4n) is 2.26. The number of carbonyl (C=O) groups excluding carboxylic acids is 1. The molecule has 0 unspecified atom stereocenters. The van der Waals surface area contributed by atoms with Crippen molar-refractivity contribution in [2.45, 2.75) is 18.8 Å². The average Bonchev–Trinajstić information content (AvgIpc) is 2.54. The molecule has 8 heteroatoms. The smallest absolute Gasteiger partial charge is 0.277 e. The minimum Gasteiger partial charge on any atom is -0.355 e. The molecule has 1 saturated heterocycles. The second-order valence-electron chi connectivity index (χ2n) is 5.10. The lowest BCUT2D eigenvalue weighted by atomic mass is 9.96. The summed E-state index contributed by atoms with van der Waals surface area (Å²) < 4.78 is 26.0. The van der Waals surface area contributed by atoms with Gasteiger partial charge in [-0.05, 0) is 12.8 Å². The summed E-state index contributed by atoms with van der Waals surface area (Å²) >= 11 is 0. The van der Waals surface area contributed by atoms with Gasteiger partial charge in [0.25, 0.3) is 5.92 Å². The average molecular weight is 299 g/mol. The first-order valence-electron chi connectivity index (χ1n) is 6.88. The summed E-state index contributed by atoms with van der Waals surface area (Å²) in [6, 6.07) is 0. The van der Waals surface area contributed by atoms with Crippen LogP contribution in [0.2, 0.25) is 0 Å². The first-order chi connectivity index (χ1) is 10.0. The van der Waals surface area contributed by atoms with Crippen LogP contribution in [0.15, 0.2) is 18.6 Å². The van der Waals surface area contributed by atoms with Crippen LogP contribution in [0, 0.1) is 5.92 Å². The Morgan fingerprint density at radius 3 is 2.71 bits per heavy atom. The third kappa shape index (κ3) is 4.32. The highest BCUT2D eigenvalue weighted by atomic mass is 19.3. The van der Waals surface area contributed by atoms with E-state index < -0.39 is 19.0 Å². The first-order valence-corrected chi connectivity index (χ1v) is 6.88. The number of alkyl halides is 2. The number of nitrogens with one attached hydrogen (secondary N) is 1. The Morgan fingerprint density at radius 1 is 1.43 bits per heavy atom. The molecule has 0 spiro atoms. The lowest BCUT2D eigenvalue weighted by Crippen LogP contribution is -2.46. The summed E-state index contributed by atoms with van der Waals surface area (Å²) in [6.07, 6.45) is 6.10. The largest absolute Gasteiger partial charge is 0.355 e. The fraction of sp³-hybridized carbons (Fsp3) is 0.615. The standard InChI is InChI=1S/C13H19F2N5O/c14-13(15,8-16)9-19-12(21)10-1-5-20(6-2-10)11-7-17-3-4-18-11/h3-4,7,10H,1-2,5-6,8-9,16H2,(H,19,21). The molecule has 0 aromatic carbocycles. The van der Waals surface area contributed by atoms with Crippen LogP contribution in [0.25, 0.3) is 0 Å². The van der Waals surface area contributed by atoms with Gasteiger partial charge in [0.15, 0.2) is 0 Å². The molecule has 3 N–H and O–H groups in total. The zero-order valence-corrected chi connectivity index (χ0v) is 11.6. The lowest BCUT2D eigenvalue weighted by molar-refractivity contribution is -0.127. The molecular formula is C13H19F2N5O. The van der Waals surface area contributed by atoms with Crippen molar-refractivity contribution in [1.82, 2.24) is 15.3 Å². The molecule has 0 atom stereocenters. The van der Waals surface area contributed by atoms with Gasteiger partial charge in [0.05, 0.1) is 19.3 Å². The number of piperidine rings is 1. The number of aromatic nitrogens is 2. The van der Waals surface area contributed by atoms with Gasteiger partial charge in [-0.1, -0.05) is 0 Å². The molecule has 116 valence electrons. The van der Waals surface area contributed by atoms with Crippen LogP contribution in [0.4, 0.5) is 14.6 Å². The van der Waals surface area contributed by atoms with Crippen LogP contribution in [0.3, 0.4) is 0 Å². The van der Waals surface area contributed by atoms with E-state index in [0.717, 1.165) is 5.82 Å². The lowest BCUT2D eigenvalue weighted by Gasteiger charge is -2.32. The van der Waals surface area contributed by atoms with Crippen LogP contribution in [0.5, 0.6) is 0 Å². The van der Waals surface area contributed by atoms with Gasteiger partial charge in [0, 0.05) is 31.4 Å². The first kappa shape index (κ1) is 15.6. The number of amides is 1. The summed E-state index contributed by atoms with van der Waals surface area (Å²) in [6.45, 7) is -0.154. The highest BCUT2D eigenvalue weighted by molar-refractivity contribution is 5.79. The molecule has 1 aliphatic rings. The van der Waals surface area contributed by atoms with E-state index in [1.807, 2.05) is 4.90 Å². The van der Waals surface area contributed by atoms with Crippen LogP contribution in [-0.4, -0.2) is 48.0 Å². The van der Waals surface area contributed by atoms with Crippen LogP contribution >= 0.6 is 0 Å². The minimum atomic E-state index is -3.05. The molecule has 2 rings (SSSR count). The highest BCUT2D eigenvalue weighted by Crippen LogP contribution is 2.21. The zero-order chi connectivity index (χ0) is 15.3. The zero-order valence-electron chi connectivity index (χ0n) is 11.6. The maximum Gasteiger partial charge on any atom is 0.277 e. The SMILES string of the molecule is NCC(F)(F)CNC(=O)C1CCN(c2cnccn2)CC1. The molecule has 21 heavy (non-hydrogen) atoms. The Morgan fingerprint density at radius 2 is 2.14 bits per heavy atom. The predicted octanol–water partition coefficient (Wildman–Crippen LogP) is 0.403.